The fourth-order valence-electron chi connectivity index (χ4n) is 0.969. The van der Waals surface area contributed by atoms with Gasteiger partial charge < -0.3 is 10.1 Å². The number of H-pyrrole nitrogens is 1. The molecule has 2 aromatic rings. The molecule has 0 aliphatic rings. The van der Waals surface area contributed by atoms with Crippen LogP contribution in [-0.2, 0) is 6.61 Å². The van der Waals surface area contributed by atoms with Crippen LogP contribution in [0.3, 0.4) is 0 Å². The smallest absolute Gasteiger partial charge is 0.125 e. The lowest BCUT2D eigenvalue weighted by Crippen LogP contribution is -1.81. The predicted octanol–water partition coefficient (Wildman–Crippen LogP) is 1.63. The standard InChI is InChI=1S/C8H8N2OS/c11-4-7-5-12-8(10-7)6-1-2-9-3-6/h1-3,5,9,11H,4H2. The van der Waals surface area contributed by atoms with Crippen LogP contribution in [0.4, 0.5) is 0 Å². The van der Waals surface area contributed by atoms with Gasteiger partial charge in [-0.3, -0.25) is 0 Å². The first-order valence-corrected chi connectivity index (χ1v) is 4.46. The second-order valence-corrected chi connectivity index (χ2v) is 3.26. The maximum atomic E-state index is 8.78. The molecule has 62 valence electrons. The summed E-state index contributed by atoms with van der Waals surface area (Å²) >= 11 is 1.54. The molecular weight excluding hydrogens is 172 g/mol. The van der Waals surface area contributed by atoms with E-state index in [1.54, 1.807) is 11.3 Å². The number of aliphatic hydroxyl groups is 1. The number of aliphatic hydroxyl groups excluding tert-OH is 1. The lowest BCUT2D eigenvalue weighted by atomic mass is 10.3. The Morgan fingerprint density at radius 1 is 1.58 bits per heavy atom. The molecule has 0 bridgehead atoms. The molecular formula is C8H8N2OS. The third-order valence-electron chi connectivity index (χ3n) is 1.56. The van der Waals surface area contributed by atoms with Gasteiger partial charge in [0.1, 0.15) is 5.01 Å². The van der Waals surface area contributed by atoms with Gasteiger partial charge in [0.2, 0.25) is 0 Å². The van der Waals surface area contributed by atoms with Crippen molar-refractivity contribution in [3.63, 3.8) is 0 Å². The van der Waals surface area contributed by atoms with Crippen molar-refractivity contribution >= 4 is 11.3 Å². The fourth-order valence-corrected chi connectivity index (χ4v) is 1.78. The van der Waals surface area contributed by atoms with Crippen LogP contribution in [0.15, 0.2) is 23.8 Å². The lowest BCUT2D eigenvalue weighted by molar-refractivity contribution is 0.278. The largest absolute Gasteiger partial charge is 0.390 e. The number of nitrogens with zero attached hydrogens (tertiary/aromatic N) is 1. The van der Waals surface area contributed by atoms with Gasteiger partial charge in [0.25, 0.3) is 0 Å². The first kappa shape index (κ1) is 7.52. The third-order valence-corrected chi connectivity index (χ3v) is 2.50. The van der Waals surface area contributed by atoms with Crippen LogP contribution in [0.5, 0.6) is 0 Å². The molecule has 0 radical (unpaired) electrons. The minimum absolute atomic E-state index is 0.0148. The summed E-state index contributed by atoms with van der Waals surface area (Å²) in [5.74, 6) is 0. The third kappa shape index (κ3) is 1.26. The summed E-state index contributed by atoms with van der Waals surface area (Å²) in [6.07, 6.45) is 3.75. The van der Waals surface area contributed by atoms with E-state index in [1.807, 2.05) is 23.8 Å². The molecule has 2 N–H and O–H groups in total. The first-order chi connectivity index (χ1) is 5.90. The van der Waals surface area contributed by atoms with E-state index in [0.717, 1.165) is 16.3 Å². The molecule has 12 heavy (non-hydrogen) atoms. The van der Waals surface area contributed by atoms with E-state index in [4.69, 9.17) is 5.11 Å². The molecule has 0 saturated carbocycles. The molecule has 0 amide bonds. The molecule has 0 aliphatic carbocycles. The van der Waals surface area contributed by atoms with Gasteiger partial charge in [0.15, 0.2) is 0 Å². The topological polar surface area (TPSA) is 48.9 Å². The summed E-state index contributed by atoms with van der Waals surface area (Å²) in [6.45, 7) is 0.0148. The zero-order chi connectivity index (χ0) is 8.39. The number of rotatable bonds is 2. The van der Waals surface area contributed by atoms with Crippen LogP contribution in [0.2, 0.25) is 0 Å². The SMILES string of the molecule is OCc1csc(-c2cc[nH]c2)n1. The Morgan fingerprint density at radius 3 is 3.08 bits per heavy atom. The van der Waals surface area contributed by atoms with Gasteiger partial charge in [-0.25, -0.2) is 4.98 Å². The second-order valence-electron chi connectivity index (χ2n) is 2.40. The highest BCUT2D eigenvalue weighted by molar-refractivity contribution is 7.13. The number of aromatic amines is 1. The van der Waals surface area contributed by atoms with Crippen LogP contribution in [0, 0.1) is 0 Å². The summed E-state index contributed by atoms with van der Waals surface area (Å²) in [5, 5.41) is 11.6. The summed E-state index contributed by atoms with van der Waals surface area (Å²) in [7, 11) is 0. The van der Waals surface area contributed by atoms with Crippen LogP contribution in [0.25, 0.3) is 10.6 Å². The van der Waals surface area contributed by atoms with E-state index >= 15 is 0 Å². The molecule has 2 rings (SSSR count). The molecule has 2 heterocycles. The Bertz CT molecular complexity index is 353. The number of aromatic nitrogens is 2. The highest BCUT2D eigenvalue weighted by Crippen LogP contribution is 2.22. The molecule has 0 spiro atoms. The average Bonchev–Trinajstić information content (AvgIpc) is 2.75. The molecule has 0 aliphatic heterocycles. The van der Waals surface area contributed by atoms with Crippen LogP contribution in [-0.4, -0.2) is 15.1 Å². The fraction of sp³-hybridized carbons (Fsp3) is 0.125. The van der Waals surface area contributed by atoms with Gasteiger partial charge in [-0.15, -0.1) is 11.3 Å². The van der Waals surface area contributed by atoms with E-state index in [1.165, 1.54) is 0 Å². The number of nitrogens with one attached hydrogen (secondary N) is 1. The van der Waals surface area contributed by atoms with E-state index < -0.39 is 0 Å². The van der Waals surface area contributed by atoms with Crippen molar-refractivity contribution in [3.05, 3.63) is 29.5 Å². The first-order valence-electron chi connectivity index (χ1n) is 3.58. The van der Waals surface area contributed by atoms with Gasteiger partial charge in [-0.1, -0.05) is 0 Å². The number of thiazole rings is 1. The highest BCUT2D eigenvalue weighted by Gasteiger charge is 2.02. The van der Waals surface area contributed by atoms with E-state index in [0.29, 0.717) is 0 Å². The van der Waals surface area contributed by atoms with Crippen molar-refractivity contribution in [1.29, 1.82) is 0 Å². The Hall–Kier alpha value is -1.13. The molecule has 2 aromatic heterocycles. The lowest BCUT2D eigenvalue weighted by Gasteiger charge is -1.86. The minimum atomic E-state index is 0.0148. The molecule has 0 atom stereocenters. The molecule has 3 nitrogen and oxygen atoms in total. The molecule has 4 heteroatoms. The van der Waals surface area contributed by atoms with Crippen molar-refractivity contribution < 1.29 is 5.11 Å². The maximum absolute atomic E-state index is 8.78. The van der Waals surface area contributed by atoms with E-state index in [2.05, 4.69) is 9.97 Å². The van der Waals surface area contributed by atoms with Gasteiger partial charge in [-0.2, -0.15) is 0 Å². The zero-order valence-electron chi connectivity index (χ0n) is 6.32. The van der Waals surface area contributed by atoms with Crippen molar-refractivity contribution in [2.45, 2.75) is 6.61 Å². The van der Waals surface area contributed by atoms with Gasteiger partial charge in [0.05, 0.1) is 12.3 Å². The van der Waals surface area contributed by atoms with Crippen LogP contribution < -0.4 is 0 Å². The van der Waals surface area contributed by atoms with E-state index in [-0.39, 0.29) is 6.61 Å². The summed E-state index contributed by atoms with van der Waals surface area (Å²) in [6, 6.07) is 1.96. The van der Waals surface area contributed by atoms with Crippen molar-refractivity contribution in [3.8, 4) is 10.6 Å². The monoisotopic (exact) mass is 180 g/mol. The van der Waals surface area contributed by atoms with Crippen molar-refractivity contribution in [1.82, 2.24) is 9.97 Å². The Balaban J connectivity index is 2.35. The number of hydrogen-bond donors (Lipinski definition) is 2. The van der Waals surface area contributed by atoms with Crippen LogP contribution in [0.1, 0.15) is 5.69 Å². The Labute approximate surface area is 73.7 Å². The second kappa shape index (κ2) is 3.08. The highest BCUT2D eigenvalue weighted by atomic mass is 32.1. The Kier molecular flexibility index (Phi) is 1.93. The molecule has 0 unspecified atom stereocenters. The molecule has 0 aromatic carbocycles. The molecule has 0 fully saturated rings. The minimum Gasteiger partial charge on any atom is -0.390 e. The Morgan fingerprint density at radius 2 is 2.50 bits per heavy atom. The van der Waals surface area contributed by atoms with Crippen LogP contribution >= 0.6 is 11.3 Å². The van der Waals surface area contributed by atoms with Gasteiger partial charge >= 0.3 is 0 Å². The average molecular weight is 180 g/mol. The van der Waals surface area contributed by atoms with Crippen molar-refractivity contribution in [2.24, 2.45) is 0 Å². The number of hydrogen-bond acceptors (Lipinski definition) is 3. The summed E-state index contributed by atoms with van der Waals surface area (Å²) < 4.78 is 0. The summed E-state index contributed by atoms with van der Waals surface area (Å²) in [5.41, 5.74) is 1.80. The van der Waals surface area contributed by atoms with Crippen molar-refractivity contribution in [2.75, 3.05) is 0 Å². The zero-order valence-corrected chi connectivity index (χ0v) is 7.14. The quantitative estimate of drug-likeness (QED) is 0.738. The predicted molar refractivity (Wildman–Crippen MR) is 47.8 cm³/mol. The molecule has 0 saturated heterocycles. The summed E-state index contributed by atoms with van der Waals surface area (Å²) in [4.78, 5) is 7.18. The maximum Gasteiger partial charge on any atom is 0.125 e. The van der Waals surface area contributed by atoms with Gasteiger partial charge in [0, 0.05) is 23.3 Å². The van der Waals surface area contributed by atoms with E-state index in [9.17, 15) is 0 Å². The normalized spacial score (nSPS) is 10.4. The van der Waals surface area contributed by atoms with Gasteiger partial charge in [-0.05, 0) is 6.07 Å².